The molecule has 1 aromatic carbocycles. The van der Waals surface area contributed by atoms with Crippen molar-refractivity contribution in [1.29, 1.82) is 5.26 Å². The molecule has 2 rings (SSSR count). The number of nitrogens with zero attached hydrogens (tertiary/aromatic N) is 2. The van der Waals surface area contributed by atoms with Gasteiger partial charge >= 0.3 is 0 Å². The number of ether oxygens (including phenoxy) is 1. The van der Waals surface area contributed by atoms with Gasteiger partial charge in [0.1, 0.15) is 17.4 Å². The number of aryl methyl sites for hydroxylation is 2. The van der Waals surface area contributed by atoms with Crippen molar-refractivity contribution in [2.24, 2.45) is 0 Å². The van der Waals surface area contributed by atoms with Gasteiger partial charge in [0.15, 0.2) is 0 Å². The van der Waals surface area contributed by atoms with Crippen LogP contribution >= 0.6 is 15.9 Å². The molecule has 0 atom stereocenters. The van der Waals surface area contributed by atoms with Crippen LogP contribution in [0.5, 0.6) is 11.6 Å². The molecular formula is C14H11BrN2O. The molecule has 0 aliphatic carbocycles. The Labute approximate surface area is 114 Å². The first-order valence-electron chi connectivity index (χ1n) is 5.42. The van der Waals surface area contributed by atoms with E-state index < -0.39 is 0 Å². The summed E-state index contributed by atoms with van der Waals surface area (Å²) >= 11 is 3.40. The second-order valence-corrected chi connectivity index (χ2v) is 4.76. The number of halogens is 1. The molecular weight excluding hydrogens is 292 g/mol. The maximum atomic E-state index is 9.16. The van der Waals surface area contributed by atoms with Crippen molar-refractivity contribution in [2.75, 3.05) is 0 Å². The van der Waals surface area contributed by atoms with Gasteiger partial charge in [-0.05, 0) is 53.5 Å². The third-order valence-corrected chi connectivity index (χ3v) is 3.12. The molecule has 0 bridgehead atoms. The maximum absolute atomic E-state index is 9.16. The molecule has 0 aliphatic heterocycles. The molecule has 4 heteroatoms. The lowest BCUT2D eigenvalue weighted by Gasteiger charge is -2.10. The number of rotatable bonds is 2. The number of hydrogen-bond donors (Lipinski definition) is 0. The van der Waals surface area contributed by atoms with Gasteiger partial charge in [0.2, 0.25) is 5.88 Å². The lowest BCUT2D eigenvalue weighted by atomic mass is 10.1. The van der Waals surface area contributed by atoms with E-state index in [0.29, 0.717) is 17.2 Å². The zero-order chi connectivity index (χ0) is 13.1. The summed E-state index contributed by atoms with van der Waals surface area (Å²) in [5.74, 6) is 0.994. The number of benzene rings is 1. The molecule has 18 heavy (non-hydrogen) atoms. The van der Waals surface area contributed by atoms with Gasteiger partial charge in [-0.3, -0.25) is 0 Å². The van der Waals surface area contributed by atoms with Crippen molar-refractivity contribution in [3.63, 3.8) is 0 Å². The molecule has 3 nitrogen and oxygen atoms in total. The third-order valence-electron chi connectivity index (χ3n) is 2.47. The summed E-state index contributed by atoms with van der Waals surface area (Å²) in [5, 5.41) is 9.16. The Morgan fingerprint density at radius 3 is 2.67 bits per heavy atom. The van der Waals surface area contributed by atoms with Crippen LogP contribution in [0.15, 0.2) is 34.8 Å². The third kappa shape index (κ3) is 2.52. The van der Waals surface area contributed by atoms with Crippen molar-refractivity contribution in [2.45, 2.75) is 13.8 Å². The van der Waals surface area contributed by atoms with E-state index in [9.17, 15) is 0 Å². The van der Waals surface area contributed by atoms with E-state index in [1.807, 2.05) is 44.2 Å². The summed E-state index contributed by atoms with van der Waals surface area (Å²) in [6.07, 6.45) is 0. The first-order chi connectivity index (χ1) is 8.61. The summed E-state index contributed by atoms with van der Waals surface area (Å²) in [5.41, 5.74) is 2.16. The van der Waals surface area contributed by atoms with Crippen LogP contribution in [0.2, 0.25) is 0 Å². The van der Waals surface area contributed by atoms with Gasteiger partial charge in [-0.25, -0.2) is 4.98 Å². The van der Waals surface area contributed by atoms with Crippen LogP contribution in [0.4, 0.5) is 0 Å². The van der Waals surface area contributed by atoms with Crippen molar-refractivity contribution in [3.8, 4) is 17.7 Å². The van der Waals surface area contributed by atoms with Crippen molar-refractivity contribution < 1.29 is 4.74 Å². The van der Waals surface area contributed by atoms with Crippen LogP contribution in [0.25, 0.3) is 0 Å². The molecule has 0 saturated heterocycles. The first kappa shape index (κ1) is 12.6. The largest absolute Gasteiger partial charge is 0.436 e. The van der Waals surface area contributed by atoms with Gasteiger partial charge in [-0.2, -0.15) is 5.26 Å². The fourth-order valence-electron chi connectivity index (χ4n) is 1.64. The number of nitriles is 1. The predicted octanol–water partition coefficient (Wildman–Crippen LogP) is 4.12. The average Bonchev–Trinajstić information content (AvgIpc) is 2.31. The van der Waals surface area contributed by atoms with E-state index in [1.165, 1.54) is 0 Å². The smallest absolute Gasteiger partial charge is 0.237 e. The molecule has 0 spiro atoms. The highest BCUT2D eigenvalue weighted by Crippen LogP contribution is 2.31. The quantitative estimate of drug-likeness (QED) is 0.838. The van der Waals surface area contributed by atoms with Crippen LogP contribution in [-0.2, 0) is 0 Å². The van der Waals surface area contributed by atoms with Gasteiger partial charge < -0.3 is 4.74 Å². The topological polar surface area (TPSA) is 45.9 Å². The molecule has 90 valence electrons. The van der Waals surface area contributed by atoms with E-state index in [2.05, 4.69) is 27.0 Å². The first-order valence-corrected chi connectivity index (χ1v) is 6.22. The Hall–Kier alpha value is -1.86. The minimum atomic E-state index is 0.349. The molecule has 1 aromatic heterocycles. The van der Waals surface area contributed by atoms with Gasteiger partial charge in [0.25, 0.3) is 0 Å². The summed E-state index contributed by atoms with van der Waals surface area (Å²) in [7, 11) is 0. The minimum absolute atomic E-state index is 0.349. The van der Waals surface area contributed by atoms with E-state index in [0.717, 1.165) is 15.7 Å². The van der Waals surface area contributed by atoms with E-state index >= 15 is 0 Å². The van der Waals surface area contributed by atoms with Crippen LogP contribution in [0.3, 0.4) is 0 Å². The zero-order valence-electron chi connectivity index (χ0n) is 10.1. The van der Waals surface area contributed by atoms with E-state index in [4.69, 9.17) is 10.00 Å². The van der Waals surface area contributed by atoms with Crippen molar-refractivity contribution >= 4 is 15.9 Å². The maximum Gasteiger partial charge on any atom is 0.237 e. The Bertz CT molecular complexity index is 632. The molecule has 0 N–H and O–H groups in total. The molecule has 0 amide bonds. The van der Waals surface area contributed by atoms with Crippen LogP contribution < -0.4 is 4.74 Å². The van der Waals surface area contributed by atoms with Gasteiger partial charge in [-0.1, -0.05) is 12.1 Å². The lowest BCUT2D eigenvalue weighted by Crippen LogP contribution is -1.97. The molecule has 1 heterocycles. The van der Waals surface area contributed by atoms with Crippen molar-refractivity contribution in [1.82, 2.24) is 4.98 Å². The number of hydrogen-bond acceptors (Lipinski definition) is 3. The van der Waals surface area contributed by atoms with Crippen molar-refractivity contribution in [3.05, 3.63) is 51.6 Å². The Kier molecular flexibility index (Phi) is 3.63. The molecule has 0 radical (unpaired) electrons. The molecule has 0 aliphatic rings. The standard InChI is InChI=1S/C14H11BrN2O/c1-9-7-10(2)17-14(11(9)8-16)18-13-6-4-3-5-12(13)15/h3-7H,1-2H3. The fourth-order valence-corrected chi connectivity index (χ4v) is 2.01. The fraction of sp³-hybridized carbons (Fsp3) is 0.143. The summed E-state index contributed by atoms with van der Waals surface area (Å²) in [6, 6.07) is 11.5. The zero-order valence-corrected chi connectivity index (χ0v) is 11.7. The number of aromatic nitrogens is 1. The van der Waals surface area contributed by atoms with Crippen LogP contribution in [0, 0.1) is 25.2 Å². The Balaban J connectivity index is 2.47. The highest BCUT2D eigenvalue weighted by molar-refractivity contribution is 9.10. The van der Waals surface area contributed by atoms with Gasteiger partial charge in [-0.15, -0.1) is 0 Å². The highest BCUT2D eigenvalue weighted by Gasteiger charge is 2.11. The molecule has 0 saturated carbocycles. The monoisotopic (exact) mass is 302 g/mol. The second kappa shape index (κ2) is 5.19. The summed E-state index contributed by atoms with van der Waals surface area (Å²) in [4.78, 5) is 4.28. The summed E-state index contributed by atoms with van der Waals surface area (Å²) in [6.45, 7) is 3.75. The van der Waals surface area contributed by atoms with Gasteiger partial charge in [0.05, 0.1) is 4.47 Å². The summed E-state index contributed by atoms with van der Waals surface area (Å²) < 4.78 is 6.54. The van der Waals surface area contributed by atoms with E-state index in [-0.39, 0.29) is 0 Å². The van der Waals surface area contributed by atoms with Crippen LogP contribution in [-0.4, -0.2) is 4.98 Å². The Morgan fingerprint density at radius 1 is 1.28 bits per heavy atom. The SMILES string of the molecule is Cc1cc(C)c(C#N)c(Oc2ccccc2Br)n1. The number of para-hydroxylation sites is 1. The van der Waals surface area contributed by atoms with Crippen LogP contribution in [0.1, 0.15) is 16.8 Å². The predicted molar refractivity (Wildman–Crippen MR) is 72.6 cm³/mol. The second-order valence-electron chi connectivity index (χ2n) is 3.90. The minimum Gasteiger partial charge on any atom is -0.436 e. The van der Waals surface area contributed by atoms with Gasteiger partial charge in [0, 0.05) is 5.69 Å². The molecule has 0 unspecified atom stereocenters. The lowest BCUT2D eigenvalue weighted by molar-refractivity contribution is 0.456. The normalized spacial score (nSPS) is 9.89. The highest BCUT2D eigenvalue weighted by atomic mass is 79.9. The Morgan fingerprint density at radius 2 is 2.00 bits per heavy atom. The molecule has 0 fully saturated rings. The molecule has 2 aromatic rings. The number of pyridine rings is 1. The average molecular weight is 303 g/mol. The van der Waals surface area contributed by atoms with E-state index in [1.54, 1.807) is 0 Å².